The van der Waals surface area contributed by atoms with E-state index in [1.165, 1.54) is 0 Å². The molecule has 0 radical (unpaired) electrons. The molecule has 1 aliphatic rings. The van der Waals surface area contributed by atoms with Gasteiger partial charge in [-0.25, -0.2) is 19.9 Å². The Kier molecular flexibility index (Phi) is 8.04. The summed E-state index contributed by atoms with van der Waals surface area (Å²) in [5, 5.41) is 0. The highest BCUT2D eigenvalue weighted by atomic mass is 15.3. The molecule has 272 valence electrons. The van der Waals surface area contributed by atoms with Crippen LogP contribution >= 0.6 is 0 Å². The highest BCUT2D eigenvalue weighted by Gasteiger charge is 2.29. The largest absolute Gasteiger partial charge is 0.280 e. The van der Waals surface area contributed by atoms with Crippen molar-refractivity contribution in [3.63, 3.8) is 0 Å². The maximum absolute atomic E-state index is 5.28. The summed E-state index contributed by atoms with van der Waals surface area (Å²) in [5.41, 5.74) is 14.5. The number of imidazole rings is 1. The number of rotatable bonds is 6. The van der Waals surface area contributed by atoms with Crippen molar-refractivity contribution in [2.75, 3.05) is 4.90 Å². The molecule has 0 amide bonds. The van der Waals surface area contributed by atoms with Crippen molar-refractivity contribution in [3.8, 4) is 73.2 Å². The minimum absolute atomic E-state index is 0.609. The molecule has 58 heavy (non-hydrogen) atoms. The zero-order chi connectivity index (χ0) is 38.4. The van der Waals surface area contributed by atoms with Crippen LogP contribution in [0.1, 0.15) is 0 Å². The van der Waals surface area contributed by atoms with E-state index < -0.39 is 0 Å². The van der Waals surface area contributed by atoms with Crippen LogP contribution in [0.25, 0.3) is 84.3 Å². The third-order valence-corrected chi connectivity index (χ3v) is 10.8. The summed E-state index contributed by atoms with van der Waals surface area (Å²) < 4.78 is 2.29. The maximum atomic E-state index is 5.28. The van der Waals surface area contributed by atoms with Gasteiger partial charge < -0.3 is 0 Å². The van der Waals surface area contributed by atoms with Gasteiger partial charge in [-0.15, -0.1) is 0 Å². The standard InChI is InChI=1S/C52H34N6/c1-3-17-35(18-4-1)41-25-7-8-28-44(41)51-55-49(36-19-5-2-6-20-36)54-50(56-51)39-23-15-21-37(33-39)38-22-16-24-40(34-38)57-46-30-12-9-26-42(46)43-27-10-13-31-47(43)58-48-32-14-11-29-45(48)53-52(57)58/h1-34H. The number of fused-ring (bicyclic) bond motifs is 7. The van der Waals surface area contributed by atoms with Crippen molar-refractivity contribution in [2.45, 2.75) is 0 Å². The lowest BCUT2D eigenvalue weighted by Gasteiger charge is -2.25. The second-order valence-electron chi connectivity index (χ2n) is 14.3. The summed E-state index contributed by atoms with van der Waals surface area (Å²) in [5.74, 6) is 2.70. The second kappa shape index (κ2) is 14.0. The fourth-order valence-corrected chi connectivity index (χ4v) is 8.11. The first-order chi connectivity index (χ1) is 28.8. The fourth-order valence-electron chi connectivity index (χ4n) is 8.11. The topological polar surface area (TPSA) is 59.7 Å². The first-order valence-electron chi connectivity index (χ1n) is 19.4. The molecule has 0 N–H and O–H groups in total. The highest BCUT2D eigenvalue weighted by Crippen LogP contribution is 2.48. The van der Waals surface area contributed by atoms with Gasteiger partial charge >= 0.3 is 0 Å². The molecule has 8 aromatic carbocycles. The van der Waals surface area contributed by atoms with Gasteiger partial charge in [0, 0.05) is 33.5 Å². The molecular weight excluding hydrogens is 709 g/mol. The first-order valence-corrected chi connectivity index (χ1v) is 19.4. The monoisotopic (exact) mass is 742 g/mol. The number of benzene rings is 8. The van der Waals surface area contributed by atoms with Crippen LogP contribution in [0.4, 0.5) is 17.3 Å². The summed E-state index contributed by atoms with van der Waals surface area (Å²) >= 11 is 0. The molecule has 0 atom stereocenters. The van der Waals surface area contributed by atoms with Crippen molar-refractivity contribution < 1.29 is 0 Å². The molecule has 0 spiro atoms. The van der Waals surface area contributed by atoms with E-state index in [2.05, 4.69) is 167 Å². The Balaban J connectivity index is 1.05. The third kappa shape index (κ3) is 5.74. The van der Waals surface area contributed by atoms with Crippen molar-refractivity contribution >= 4 is 28.4 Å². The van der Waals surface area contributed by atoms with Crippen molar-refractivity contribution in [1.29, 1.82) is 0 Å². The van der Waals surface area contributed by atoms with Gasteiger partial charge in [0.25, 0.3) is 0 Å². The average Bonchev–Trinajstić information content (AvgIpc) is 3.63. The second-order valence-corrected chi connectivity index (χ2v) is 14.3. The normalized spacial score (nSPS) is 11.8. The molecular formula is C52H34N6. The van der Waals surface area contributed by atoms with Gasteiger partial charge in [-0.05, 0) is 64.7 Å². The van der Waals surface area contributed by atoms with Crippen LogP contribution in [0.5, 0.6) is 0 Å². The van der Waals surface area contributed by atoms with Gasteiger partial charge in [-0.3, -0.25) is 9.47 Å². The summed E-state index contributed by atoms with van der Waals surface area (Å²) in [6.07, 6.45) is 0. The Morgan fingerprint density at radius 2 is 0.828 bits per heavy atom. The van der Waals surface area contributed by atoms with E-state index in [0.717, 1.165) is 84.1 Å². The maximum Gasteiger partial charge on any atom is 0.220 e. The summed E-state index contributed by atoms with van der Waals surface area (Å²) in [6, 6.07) is 71.6. The van der Waals surface area contributed by atoms with E-state index in [4.69, 9.17) is 19.9 Å². The molecule has 0 unspecified atom stereocenters. The minimum Gasteiger partial charge on any atom is -0.280 e. The minimum atomic E-state index is 0.609. The van der Waals surface area contributed by atoms with Crippen molar-refractivity contribution in [2.24, 2.45) is 0 Å². The summed E-state index contributed by atoms with van der Waals surface area (Å²) in [6.45, 7) is 0. The highest BCUT2D eigenvalue weighted by molar-refractivity contribution is 5.97. The number of para-hydroxylation sites is 4. The van der Waals surface area contributed by atoms with E-state index >= 15 is 0 Å². The van der Waals surface area contributed by atoms with E-state index in [1.54, 1.807) is 0 Å². The predicted molar refractivity (Wildman–Crippen MR) is 235 cm³/mol. The molecule has 2 aromatic heterocycles. The van der Waals surface area contributed by atoms with Crippen molar-refractivity contribution in [3.05, 3.63) is 206 Å². The van der Waals surface area contributed by atoms with Crippen LogP contribution in [0, 0.1) is 0 Å². The molecule has 3 heterocycles. The van der Waals surface area contributed by atoms with Crippen LogP contribution in [-0.2, 0) is 0 Å². The molecule has 6 heteroatoms. The summed E-state index contributed by atoms with van der Waals surface area (Å²) in [7, 11) is 0. The Morgan fingerprint density at radius 1 is 0.310 bits per heavy atom. The average molecular weight is 743 g/mol. The van der Waals surface area contributed by atoms with Gasteiger partial charge in [0.15, 0.2) is 17.5 Å². The number of nitrogens with zero attached hydrogens (tertiary/aromatic N) is 6. The van der Waals surface area contributed by atoms with Crippen LogP contribution in [-0.4, -0.2) is 24.5 Å². The van der Waals surface area contributed by atoms with Gasteiger partial charge in [0.05, 0.1) is 22.4 Å². The molecule has 10 aromatic rings. The number of hydrogen-bond acceptors (Lipinski definition) is 5. The zero-order valence-corrected chi connectivity index (χ0v) is 31.3. The number of aromatic nitrogens is 5. The molecule has 11 rings (SSSR count). The quantitative estimate of drug-likeness (QED) is 0.170. The first kappa shape index (κ1) is 33.4. The van der Waals surface area contributed by atoms with Gasteiger partial charge in [-0.1, -0.05) is 164 Å². The van der Waals surface area contributed by atoms with Crippen LogP contribution in [0.3, 0.4) is 0 Å². The van der Waals surface area contributed by atoms with Crippen LogP contribution in [0.2, 0.25) is 0 Å². The van der Waals surface area contributed by atoms with E-state index in [9.17, 15) is 0 Å². The van der Waals surface area contributed by atoms with Crippen LogP contribution in [0.15, 0.2) is 206 Å². The lowest BCUT2D eigenvalue weighted by Crippen LogP contribution is -2.14. The van der Waals surface area contributed by atoms with E-state index in [-0.39, 0.29) is 0 Å². The van der Waals surface area contributed by atoms with Crippen molar-refractivity contribution in [1.82, 2.24) is 24.5 Å². The Morgan fingerprint density at radius 3 is 1.60 bits per heavy atom. The predicted octanol–water partition coefficient (Wildman–Crippen LogP) is 13.0. The third-order valence-electron chi connectivity index (χ3n) is 10.8. The zero-order valence-electron chi connectivity index (χ0n) is 31.3. The van der Waals surface area contributed by atoms with Gasteiger partial charge in [0.2, 0.25) is 5.95 Å². The molecule has 6 nitrogen and oxygen atoms in total. The molecule has 0 saturated carbocycles. The summed E-state index contributed by atoms with van der Waals surface area (Å²) in [4.78, 5) is 22.9. The molecule has 1 aliphatic heterocycles. The lowest BCUT2D eigenvalue weighted by atomic mass is 9.99. The van der Waals surface area contributed by atoms with Crippen LogP contribution < -0.4 is 4.90 Å². The molecule has 0 saturated heterocycles. The smallest absolute Gasteiger partial charge is 0.220 e. The Hall–Kier alpha value is -7.96. The molecule has 0 fully saturated rings. The van der Waals surface area contributed by atoms with E-state index in [0.29, 0.717) is 17.5 Å². The number of hydrogen-bond donors (Lipinski definition) is 0. The van der Waals surface area contributed by atoms with E-state index in [1.807, 2.05) is 48.5 Å². The Labute approximate surface area is 336 Å². The fraction of sp³-hybridized carbons (Fsp3) is 0. The molecule has 0 aliphatic carbocycles. The van der Waals surface area contributed by atoms with Gasteiger partial charge in [0.1, 0.15) is 0 Å². The molecule has 0 bridgehead atoms. The SMILES string of the molecule is c1ccc(-c2nc(-c3cccc(-c4cccc(N5c6ccccc6-c6ccccc6-n6c5nc5ccccc56)c4)c3)nc(-c3ccccc3-c3ccccc3)n2)cc1. The lowest BCUT2D eigenvalue weighted by molar-refractivity contribution is 1.05. The Bertz CT molecular complexity index is 3130. The number of anilines is 3. The van der Waals surface area contributed by atoms with Gasteiger partial charge in [-0.2, -0.15) is 0 Å².